The lowest BCUT2D eigenvalue weighted by Gasteiger charge is -2.28. The number of carbonyl (C=O) groups excluding carboxylic acids is 2. The fraction of sp³-hybridized carbons (Fsp3) is 0.379. The first-order valence-corrected chi connectivity index (χ1v) is 13.0. The van der Waals surface area contributed by atoms with Gasteiger partial charge in [0, 0.05) is 36.8 Å². The van der Waals surface area contributed by atoms with Crippen molar-refractivity contribution in [3.8, 4) is 11.1 Å². The zero-order chi connectivity index (χ0) is 27.7. The second-order valence-electron chi connectivity index (χ2n) is 10.1. The Morgan fingerprint density at radius 2 is 1.72 bits per heavy atom. The van der Waals surface area contributed by atoms with Crippen molar-refractivity contribution in [3.05, 3.63) is 92.3 Å². The van der Waals surface area contributed by atoms with E-state index in [-0.39, 0.29) is 31.2 Å². The van der Waals surface area contributed by atoms with Crippen LogP contribution in [0.25, 0.3) is 11.1 Å². The molecule has 3 atom stereocenters. The van der Waals surface area contributed by atoms with E-state index in [4.69, 9.17) is 9.47 Å². The molecule has 3 aromatic rings. The Balaban J connectivity index is 1.26. The minimum absolute atomic E-state index is 0.0507. The van der Waals surface area contributed by atoms with Gasteiger partial charge in [0.05, 0.1) is 13.2 Å². The van der Waals surface area contributed by atoms with Gasteiger partial charge in [0.1, 0.15) is 12.6 Å². The third-order valence-electron chi connectivity index (χ3n) is 7.84. The number of esters is 1. The van der Waals surface area contributed by atoms with Crippen molar-refractivity contribution in [1.82, 2.24) is 19.8 Å². The Morgan fingerprint density at radius 3 is 2.36 bits per heavy atom. The summed E-state index contributed by atoms with van der Waals surface area (Å²) in [6.45, 7) is 4.15. The maximum atomic E-state index is 12.8. The zero-order valence-electron chi connectivity index (χ0n) is 22.2. The normalized spacial score (nSPS) is 19.3. The number of benzene rings is 2. The summed E-state index contributed by atoms with van der Waals surface area (Å²) in [5.41, 5.74) is 4.05. The molecular formula is C29H32N4O6. The molecule has 0 radical (unpaired) electrons. The Morgan fingerprint density at radius 1 is 1.08 bits per heavy atom. The van der Waals surface area contributed by atoms with E-state index in [0.717, 1.165) is 22.3 Å². The van der Waals surface area contributed by atoms with Crippen LogP contribution in [0, 0.1) is 6.92 Å². The van der Waals surface area contributed by atoms with Crippen LogP contribution in [0.2, 0.25) is 0 Å². The predicted molar refractivity (Wildman–Crippen MR) is 145 cm³/mol. The number of amides is 1. The smallest absolute Gasteiger partial charge is 0.407 e. The van der Waals surface area contributed by atoms with E-state index >= 15 is 0 Å². The zero-order valence-corrected chi connectivity index (χ0v) is 22.2. The van der Waals surface area contributed by atoms with Gasteiger partial charge in [-0.25, -0.2) is 9.59 Å². The molecule has 39 heavy (non-hydrogen) atoms. The lowest BCUT2D eigenvalue weighted by molar-refractivity contribution is -0.146. The van der Waals surface area contributed by atoms with Crippen LogP contribution in [0.1, 0.15) is 42.0 Å². The third-order valence-corrected chi connectivity index (χ3v) is 7.84. The molecule has 2 aromatic carbocycles. The summed E-state index contributed by atoms with van der Waals surface area (Å²) in [6, 6.07) is 15.1. The molecule has 1 fully saturated rings. The number of methoxy groups -OCH3 is 1. The van der Waals surface area contributed by atoms with Crippen molar-refractivity contribution >= 4 is 12.1 Å². The number of nitrogens with zero attached hydrogens (tertiary/aromatic N) is 2. The van der Waals surface area contributed by atoms with E-state index in [1.807, 2.05) is 29.2 Å². The number of alkyl carbamates (subject to hydrolysis) is 1. The SMILES string of the molecule is COC(=O)[C@@H](C)N1C[C@H](n2cc(C)c(=O)[nH]c2=O)C[C@@H]1CNC(=O)OCC1c2ccccc2-c2ccccc21. The van der Waals surface area contributed by atoms with E-state index in [2.05, 4.69) is 34.6 Å². The van der Waals surface area contributed by atoms with Crippen molar-refractivity contribution in [3.63, 3.8) is 0 Å². The first-order valence-electron chi connectivity index (χ1n) is 13.0. The van der Waals surface area contributed by atoms with Gasteiger partial charge < -0.3 is 14.8 Å². The number of likely N-dealkylation sites (tertiary alicyclic amines) is 1. The lowest BCUT2D eigenvalue weighted by atomic mass is 9.98. The first kappa shape index (κ1) is 26.4. The fourth-order valence-electron chi connectivity index (χ4n) is 5.81. The van der Waals surface area contributed by atoms with E-state index in [9.17, 15) is 19.2 Å². The molecule has 0 bridgehead atoms. The summed E-state index contributed by atoms with van der Waals surface area (Å²) < 4.78 is 12.1. The minimum atomic E-state index is -0.589. The number of aromatic amines is 1. The highest BCUT2D eigenvalue weighted by molar-refractivity contribution is 5.79. The number of carbonyl (C=O) groups is 2. The molecule has 1 aliphatic carbocycles. The number of hydrogen-bond donors (Lipinski definition) is 2. The van der Waals surface area contributed by atoms with Crippen molar-refractivity contribution in [2.24, 2.45) is 0 Å². The maximum Gasteiger partial charge on any atom is 0.407 e. The van der Waals surface area contributed by atoms with E-state index < -0.39 is 29.4 Å². The molecule has 0 saturated carbocycles. The van der Waals surface area contributed by atoms with Crippen LogP contribution < -0.4 is 16.6 Å². The molecule has 1 amide bonds. The van der Waals surface area contributed by atoms with Crippen molar-refractivity contribution in [2.75, 3.05) is 26.8 Å². The first-order chi connectivity index (χ1) is 18.8. The average molecular weight is 533 g/mol. The van der Waals surface area contributed by atoms with E-state index in [1.54, 1.807) is 13.8 Å². The van der Waals surface area contributed by atoms with Crippen LogP contribution in [0.5, 0.6) is 0 Å². The lowest BCUT2D eigenvalue weighted by Crippen LogP contribution is -2.47. The van der Waals surface area contributed by atoms with Gasteiger partial charge in [-0.3, -0.25) is 24.0 Å². The Bertz CT molecular complexity index is 1470. The van der Waals surface area contributed by atoms with Gasteiger partial charge in [-0.2, -0.15) is 0 Å². The molecular weight excluding hydrogens is 500 g/mol. The summed E-state index contributed by atoms with van der Waals surface area (Å²) in [5.74, 6) is -0.461. The second-order valence-corrected chi connectivity index (χ2v) is 10.1. The number of fused-ring (bicyclic) bond motifs is 3. The molecule has 0 unspecified atom stereocenters. The van der Waals surface area contributed by atoms with Gasteiger partial charge in [-0.15, -0.1) is 0 Å². The number of aryl methyl sites for hydroxylation is 1. The Hall–Kier alpha value is -4.18. The predicted octanol–water partition coefficient (Wildman–Crippen LogP) is 2.56. The molecule has 2 aliphatic rings. The average Bonchev–Trinajstić information content (AvgIpc) is 3.51. The molecule has 0 spiro atoms. The number of nitrogens with one attached hydrogen (secondary N) is 2. The molecule has 1 aliphatic heterocycles. The number of ether oxygens (including phenoxy) is 2. The van der Waals surface area contributed by atoms with Gasteiger partial charge in [0.15, 0.2) is 0 Å². The fourth-order valence-corrected chi connectivity index (χ4v) is 5.81. The van der Waals surface area contributed by atoms with Crippen molar-refractivity contribution in [1.29, 1.82) is 0 Å². The number of hydrogen-bond acceptors (Lipinski definition) is 7. The molecule has 204 valence electrons. The molecule has 10 nitrogen and oxygen atoms in total. The maximum absolute atomic E-state index is 12.8. The monoisotopic (exact) mass is 532 g/mol. The topological polar surface area (TPSA) is 123 Å². The molecule has 1 aromatic heterocycles. The van der Waals surface area contributed by atoms with Gasteiger partial charge in [0.2, 0.25) is 0 Å². The van der Waals surface area contributed by atoms with Crippen LogP contribution in [-0.2, 0) is 14.3 Å². The van der Waals surface area contributed by atoms with Crippen LogP contribution in [0.3, 0.4) is 0 Å². The van der Waals surface area contributed by atoms with Gasteiger partial charge in [0.25, 0.3) is 5.56 Å². The second kappa shape index (κ2) is 10.9. The Kier molecular flexibility index (Phi) is 7.38. The highest BCUT2D eigenvalue weighted by Crippen LogP contribution is 2.44. The van der Waals surface area contributed by atoms with E-state index in [1.165, 1.54) is 17.9 Å². The molecule has 1 saturated heterocycles. The standard InChI is InChI=1S/C29H32N4O6/c1-17-14-33(28(36)31-26(17)34)20-12-19(32(15-20)18(2)27(35)38-3)13-30-29(37)39-16-25-23-10-6-4-8-21(23)22-9-5-7-11-24(22)25/h4-11,14,18-20,25H,12-13,15-16H2,1-3H3,(H,30,37)(H,31,34,36)/t18-,19-,20-/m1/s1. The molecule has 2 N–H and O–H groups in total. The van der Waals surface area contributed by atoms with Gasteiger partial charge >= 0.3 is 17.8 Å². The summed E-state index contributed by atoms with van der Waals surface area (Å²) in [6.07, 6.45) is 1.47. The van der Waals surface area contributed by atoms with Crippen molar-refractivity contribution < 1.29 is 19.1 Å². The quantitative estimate of drug-likeness (QED) is 0.449. The summed E-state index contributed by atoms with van der Waals surface area (Å²) in [4.78, 5) is 53.7. The third kappa shape index (κ3) is 5.12. The molecule has 2 heterocycles. The van der Waals surface area contributed by atoms with E-state index in [0.29, 0.717) is 18.5 Å². The Labute approximate surface area is 225 Å². The van der Waals surface area contributed by atoms with Crippen LogP contribution in [0.4, 0.5) is 4.79 Å². The minimum Gasteiger partial charge on any atom is -0.468 e. The molecule has 5 rings (SSSR count). The highest BCUT2D eigenvalue weighted by Gasteiger charge is 2.39. The number of H-pyrrole nitrogens is 1. The van der Waals surface area contributed by atoms with Crippen molar-refractivity contribution in [2.45, 2.75) is 44.3 Å². The molecule has 10 heteroatoms. The largest absolute Gasteiger partial charge is 0.468 e. The van der Waals surface area contributed by atoms with Gasteiger partial charge in [-0.1, -0.05) is 48.5 Å². The van der Waals surface area contributed by atoms with Gasteiger partial charge in [-0.05, 0) is 42.5 Å². The number of rotatable bonds is 7. The van der Waals surface area contributed by atoms with Crippen LogP contribution >= 0.6 is 0 Å². The summed E-state index contributed by atoms with van der Waals surface area (Å²) in [5, 5.41) is 2.85. The van der Waals surface area contributed by atoms with Crippen LogP contribution in [0.15, 0.2) is 64.3 Å². The summed E-state index contributed by atoms with van der Waals surface area (Å²) in [7, 11) is 1.33. The van der Waals surface area contributed by atoms with Crippen LogP contribution in [-0.4, -0.2) is 65.4 Å². The number of aromatic nitrogens is 2. The summed E-state index contributed by atoms with van der Waals surface area (Å²) >= 11 is 0. The highest BCUT2D eigenvalue weighted by atomic mass is 16.5.